The molecule has 6 heteroatoms. The first-order valence-electron chi connectivity index (χ1n) is 9.43. The molecule has 0 bridgehead atoms. The van der Waals surface area contributed by atoms with Crippen LogP contribution in [0, 0.1) is 13.8 Å². The van der Waals surface area contributed by atoms with Crippen molar-refractivity contribution in [3.05, 3.63) is 64.7 Å². The van der Waals surface area contributed by atoms with E-state index in [1.54, 1.807) is 45.0 Å². The summed E-state index contributed by atoms with van der Waals surface area (Å²) in [4.78, 5) is 12.5. The van der Waals surface area contributed by atoms with Crippen molar-refractivity contribution in [2.75, 3.05) is 0 Å². The van der Waals surface area contributed by atoms with E-state index < -0.39 is 15.6 Å². The average molecular weight is 403 g/mol. The molecule has 2 aromatic carbocycles. The number of carbonyl (C=O) groups excluding carboxylic acids is 1. The van der Waals surface area contributed by atoms with Gasteiger partial charge in [-0.2, -0.15) is 0 Å². The van der Waals surface area contributed by atoms with Gasteiger partial charge in [0.2, 0.25) is 15.9 Å². The third-order valence-electron chi connectivity index (χ3n) is 4.30. The highest BCUT2D eigenvalue weighted by Crippen LogP contribution is 2.18. The van der Waals surface area contributed by atoms with Crippen molar-refractivity contribution in [1.29, 1.82) is 0 Å². The van der Waals surface area contributed by atoms with Crippen molar-refractivity contribution < 1.29 is 13.2 Å². The average Bonchev–Trinajstić information content (AvgIpc) is 2.57. The van der Waals surface area contributed by atoms with Crippen molar-refractivity contribution in [2.45, 2.75) is 64.4 Å². The quantitative estimate of drug-likeness (QED) is 0.743. The first-order chi connectivity index (χ1) is 13.0. The topological polar surface area (TPSA) is 75.3 Å². The maximum absolute atomic E-state index is 12.7. The van der Waals surface area contributed by atoms with E-state index in [0.29, 0.717) is 18.4 Å². The highest BCUT2D eigenvalue weighted by Gasteiger charge is 2.24. The summed E-state index contributed by atoms with van der Waals surface area (Å²) in [6, 6.07) is 12.9. The van der Waals surface area contributed by atoms with Crippen LogP contribution in [-0.4, -0.2) is 19.9 Å². The Bertz CT molecular complexity index is 944. The van der Waals surface area contributed by atoms with Crippen LogP contribution in [0.5, 0.6) is 0 Å². The summed E-state index contributed by atoms with van der Waals surface area (Å²) in [5.74, 6) is -0.101. The predicted octanol–water partition coefficient (Wildman–Crippen LogP) is 3.63. The molecule has 2 rings (SSSR count). The largest absolute Gasteiger partial charge is 0.352 e. The fourth-order valence-corrected chi connectivity index (χ4v) is 4.69. The van der Waals surface area contributed by atoms with E-state index in [0.717, 1.165) is 5.56 Å². The van der Waals surface area contributed by atoms with Crippen LogP contribution in [0.1, 0.15) is 49.4 Å². The van der Waals surface area contributed by atoms with Crippen molar-refractivity contribution in [3.63, 3.8) is 0 Å². The third kappa shape index (κ3) is 6.46. The Labute approximate surface area is 168 Å². The molecular formula is C22H30N2O3S. The molecule has 2 aromatic rings. The number of rotatable bonds is 7. The van der Waals surface area contributed by atoms with Crippen LogP contribution in [0.2, 0.25) is 0 Å². The second kappa shape index (κ2) is 8.88. The zero-order chi connectivity index (χ0) is 20.9. The minimum atomic E-state index is -3.66. The number of benzene rings is 2. The summed E-state index contributed by atoms with van der Waals surface area (Å²) in [7, 11) is -3.66. The molecule has 0 spiro atoms. The molecule has 0 aliphatic rings. The Kier molecular flexibility index (Phi) is 7.01. The van der Waals surface area contributed by atoms with Crippen LogP contribution < -0.4 is 10.0 Å². The van der Waals surface area contributed by atoms with Gasteiger partial charge in [0.15, 0.2) is 0 Å². The Balaban J connectivity index is 2.02. The van der Waals surface area contributed by atoms with Crippen molar-refractivity contribution in [3.8, 4) is 0 Å². The SMILES string of the molecule is Cc1ccc(CCC(=O)NCc2ccccc2S(=O)(=O)NC(C)(C)C)c(C)c1. The molecule has 0 saturated heterocycles. The van der Waals surface area contributed by atoms with Crippen LogP contribution in [0.4, 0.5) is 0 Å². The Hall–Kier alpha value is -2.18. The highest BCUT2D eigenvalue weighted by atomic mass is 32.2. The van der Waals surface area contributed by atoms with E-state index in [9.17, 15) is 13.2 Å². The van der Waals surface area contributed by atoms with Gasteiger partial charge in [-0.3, -0.25) is 4.79 Å². The van der Waals surface area contributed by atoms with E-state index in [4.69, 9.17) is 0 Å². The van der Waals surface area contributed by atoms with Gasteiger partial charge in [0.25, 0.3) is 0 Å². The Morgan fingerprint density at radius 1 is 1.00 bits per heavy atom. The normalized spacial score (nSPS) is 12.0. The van der Waals surface area contributed by atoms with Gasteiger partial charge in [0, 0.05) is 18.5 Å². The number of aryl methyl sites for hydroxylation is 3. The first-order valence-corrected chi connectivity index (χ1v) is 10.9. The maximum atomic E-state index is 12.7. The van der Waals surface area contributed by atoms with Gasteiger partial charge < -0.3 is 5.32 Å². The predicted molar refractivity (Wildman–Crippen MR) is 113 cm³/mol. The molecule has 1 amide bonds. The lowest BCUT2D eigenvalue weighted by Crippen LogP contribution is -2.41. The monoisotopic (exact) mass is 402 g/mol. The lowest BCUT2D eigenvalue weighted by molar-refractivity contribution is -0.121. The number of sulfonamides is 1. The van der Waals surface area contributed by atoms with Gasteiger partial charge in [0.05, 0.1) is 4.90 Å². The summed E-state index contributed by atoms with van der Waals surface area (Å²) in [5.41, 5.74) is 3.52. The molecule has 0 unspecified atom stereocenters. The van der Waals surface area contributed by atoms with E-state index >= 15 is 0 Å². The fraction of sp³-hybridized carbons (Fsp3) is 0.409. The van der Waals surface area contributed by atoms with Gasteiger partial charge in [-0.15, -0.1) is 0 Å². The molecule has 152 valence electrons. The highest BCUT2D eigenvalue weighted by molar-refractivity contribution is 7.89. The Morgan fingerprint density at radius 3 is 2.32 bits per heavy atom. The molecule has 0 heterocycles. The molecular weight excluding hydrogens is 372 g/mol. The standard InChI is InChI=1S/C22H30N2O3S/c1-16-10-11-18(17(2)14-16)12-13-21(25)23-15-19-8-6-7-9-20(19)28(26,27)24-22(3,4)5/h6-11,14,24H,12-13,15H2,1-5H3,(H,23,25). The third-order valence-corrected chi connectivity index (χ3v) is 6.16. The van der Waals surface area contributed by atoms with Gasteiger partial charge in [-0.25, -0.2) is 13.1 Å². The lowest BCUT2D eigenvalue weighted by Gasteiger charge is -2.21. The zero-order valence-corrected chi connectivity index (χ0v) is 18.1. The molecule has 0 atom stereocenters. The second-order valence-corrected chi connectivity index (χ2v) is 9.82. The minimum Gasteiger partial charge on any atom is -0.352 e. The van der Waals surface area contributed by atoms with Crippen LogP contribution >= 0.6 is 0 Å². The number of carbonyl (C=O) groups is 1. The van der Waals surface area contributed by atoms with E-state index in [2.05, 4.69) is 22.2 Å². The summed E-state index contributed by atoms with van der Waals surface area (Å²) in [5, 5.41) is 2.84. The summed E-state index contributed by atoms with van der Waals surface area (Å²) in [6.07, 6.45) is 1.02. The molecule has 0 saturated carbocycles. The van der Waals surface area contributed by atoms with E-state index in [1.807, 2.05) is 19.9 Å². The Morgan fingerprint density at radius 2 is 1.68 bits per heavy atom. The van der Waals surface area contributed by atoms with Crippen LogP contribution in [0.3, 0.4) is 0 Å². The number of amides is 1. The first kappa shape index (κ1) is 22.1. The van der Waals surface area contributed by atoms with Crippen molar-refractivity contribution in [1.82, 2.24) is 10.0 Å². The van der Waals surface area contributed by atoms with Gasteiger partial charge in [0.1, 0.15) is 0 Å². The smallest absolute Gasteiger partial charge is 0.241 e. The van der Waals surface area contributed by atoms with Crippen molar-refractivity contribution in [2.24, 2.45) is 0 Å². The summed E-state index contributed by atoms with van der Waals surface area (Å²) in [6.45, 7) is 9.64. The van der Waals surface area contributed by atoms with E-state index in [-0.39, 0.29) is 17.3 Å². The van der Waals surface area contributed by atoms with Gasteiger partial charge >= 0.3 is 0 Å². The molecule has 0 aliphatic heterocycles. The van der Waals surface area contributed by atoms with E-state index in [1.165, 1.54) is 11.1 Å². The number of hydrogen-bond donors (Lipinski definition) is 2. The molecule has 0 fully saturated rings. The number of nitrogens with one attached hydrogen (secondary N) is 2. The molecule has 0 aromatic heterocycles. The van der Waals surface area contributed by atoms with Crippen LogP contribution in [0.15, 0.2) is 47.4 Å². The summed E-state index contributed by atoms with van der Waals surface area (Å²) < 4.78 is 28.0. The summed E-state index contributed by atoms with van der Waals surface area (Å²) >= 11 is 0. The fourth-order valence-electron chi connectivity index (χ4n) is 3.03. The molecule has 5 nitrogen and oxygen atoms in total. The number of hydrogen-bond acceptors (Lipinski definition) is 3. The maximum Gasteiger partial charge on any atom is 0.241 e. The van der Waals surface area contributed by atoms with Crippen molar-refractivity contribution >= 4 is 15.9 Å². The van der Waals surface area contributed by atoms with Gasteiger partial charge in [-0.05, 0) is 63.8 Å². The van der Waals surface area contributed by atoms with Crippen LogP contribution in [0.25, 0.3) is 0 Å². The molecule has 0 radical (unpaired) electrons. The molecule has 28 heavy (non-hydrogen) atoms. The molecule has 0 aliphatic carbocycles. The van der Waals surface area contributed by atoms with Crippen LogP contribution in [-0.2, 0) is 27.8 Å². The second-order valence-electron chi connectivity index (χ2n) is 8.17. The molecule has 2 N–H and O–H groups in total. The van der Waals surface area contributed by atoms with Gasteiger partial charge in [-0.1, -0.05) is 42.0 Å². The minimum absolute atomic E-state index is 0.101. The zero-order valence-electron chi connectivity index (χ0n) is 17.3. The lowest BCUT2D eigenvalue weighted by atomic mass is 10.0.